The molecule has 1 aliphatic carbocycles. The zero-order valence-corrected chi connectivity index (χ0v) is 19.6. The van der Waals surface area contributed by atoms with Crippen molar-refractivity contribution in [1.29, 1.82) is 0 Å². The molecule has 0 radical (unpaired) electrons. The molecule has 1 saturated carbocycles. The predicted octanol–water partition coefficient (Wildman–Crippen LogP) is 1.38. The van der Waals surface area contributed by atoms with Crippen molar-refractivity contribution in [1.82, 2.24) is 0 Å². The molecule has 4 N–H and O–H groups in total. The molecule has 6 heteroatoms. The fourth-order valence-electron chi connectivity index (χ4n) is 5.78. The molecule has 2 atom stereocenters. The number of rotatable bonds is 6. The van der Waals surface area contributed by atoms with Crippen molar-refractivity contribution in [2.45, 2.75) is 90.3 Å². The molecule has 0 spiro atoms. The Morgan fingerprint density at radius 3 is 1.30 bits per heavy atom. The van der Waals surface area contributed by atoms with Crippen molar-refractivity contribution in [3.8, 4) is 0 Å². The highest BCUT2D eigenvalue weighted by molar-refractivity contribution is 5.82. The highest BCUT2D eigenvalue weighted by atomic mass is 16.6. The van der Waals surface area contributed by atoms with E-state index in [-0.39, 0.29) is 23.8 Å². The summed E-state index contributed by atoms with van der Waals surface area (Å²) in [5.74, 6) is -0.333. The second-order valence-corrected chi connectivity index (χ2v) is 10.8. The zero-order valence-electron chi connectivity index (χ0n) is 19.6. The van der Waals surface area contributed by atoms with E-state index in [1.165, 1.54) is 0 Å². The molecule has 3 aliphatic rings. The Kier molecular flexibility index (Phi) is 7.83. The van der Waals surface area contributed by atoms with E-state index in [0.717, 1.165) is 77.5 Å². The van der Waals surface area contributed by atoms with Gasteiger partial charge in [-0.25, -0.2) is 0 Å². The highest BCUT2D eigenvalue weighted by Crippen LogP contribution is 2.37. The van der Waals surface area contributed by atoms with Gasteiger partial charge < -0.3 is 20.1 Å². The lowest BCUT2D eigenvalue weighted by molar-refractivity contribution is -0.666. The van der Waals surface area contributed by atoms with Crippen molar-refractivity contribution >= 4 is 11.9 Å². The molecule has 3 fully saturated rings. The van der Waals surface area contributed by atoms with Crippen LogP contribution in [0.3, 0.4) is 0 Å². The maximum absolute atomic E-state index is 13.2. The first-order chi connectivity index (χ1) is 14.2. The number of ether oxygens (including phenoxy) is 2. The molecule has 2 saturated heterocycles. The normalized spacial score (nSPS) is 27.5. The minimum absolute atomic E-state index is 0.193. The van der Waals surface area contributed by atoms with Gasteiger partial charge in [0.25, 0.3) is 0 Å². The van der Waals surface area contributed by atoms with E-state index in [1.807, 2.05) is 27.7 Å². The number of quaternary nitrogens is 2. The number of esters is 2. The number of hydrogen-bond acceptors (Lipinski definition) is 4. The first-order valence-electron chi connectivity index (χ1n) is 12.3. The molecule has 0 aromatic rings. The number of carbonyl (C=O) groups excluding carboxylic acids is 2. The largest absolute Gasteiger partial charge is 0.459 e. The Hall–Kier alpha value is -1.14. The highest BCUT2D eigenvalue weighted by Gasteiger charge is 2.44. The van der Waals surface area contributed by atoms with Gasteiger partial charge >= 0.3 is 11.9 Å². The van der Waals surface area contributed by atoms with E-state index in [2.05, 4.69) is 10.6 Å². The third-order valence-electron chi connectivity index (χ3n) is 7.94. The Labute approximate surface area is 182 Å². The van der Waals surface area contributed by atoms with Crippen LogP contribution in [-0.4, -0.2) is 49.3 Å². The predicted molar refractivity (Wildman–Crippen MR) is 115 cm³/mol. The molecule has 0 amide bonds. The fourth-order valence-corrected chi connectivity index (χ4v) is 5.78. The molecule has 2 unspecified atom stereocenters. The van der Waals surface area contributed by atoms with Crippen molar-refractivity contribution in [3.05, 3.63) is 0 Å². The molecule has 2 aliphatic heterocycles. The molecule has 172 valence electrons. The van der Waals surface area contributed by atoms with E-state index in [0.29, 0.717) is 11.8 Å². The molecule has 30 heavy (non-hydrogen) atoms. The van der Waals surface area contributed by atoms with Crippen LogP contribution in [0.4, 0.5) is 0 Å². The van der Waals surface area contributed by atoms with Crippen LogP contribution >= 0.6 is 0 Å². The van der Waals surface area contributed by atoms with Crippen LogP contribution in [0.1, 0.15) is 79.1 Å². The molecular formula is C24H44N2O4+2. The van der Waals surface area contributed by atoms with Crippen molar-refractivity contribution in [2.24, 2.45) is 23.7 Å². The lowest BCUT2D eigenvalue weighted by Crippen LogP contribution is -2.86. The van der Waals surface area contributed by atoms with Gasteiger partial charge in [0.1, 0.15) is 11.2 Å². The summed E-state index contributed by atoms with van der Waals surface area (Å²) < 4.78 is 12.2. The Morgan fingerprint density at radius 2 is 0.967 bits per heavy atom. The Bertz CT molecular complexity index is 540. The maximum Gasteiger partial charge on any atom is 0.310 e. The summed E-state index contributed by atoms with van der Waals surface area (Å²) in [4.78, 5) is 26.4. The van der Waals surface area contributed by atoms with Gasteiger partial charge in [-0.3, -0.25) is 9.59 Å². The number of hydrogen-bond donors (Lipinski definition) is 2. The number of carbonyl (C=O) groups is 2. The van der Waals surface area contributed by atoms with Crippen LogP contribution in [0, 0.1) is 23.7 Å². The van der Waals surface area contributed by atoms with Crippen molar-refractivity contribution in [2.75, 3.05) is 26.2 Å². The molecule has 3 rings (SSSR count). The summed E-state index contributed by atoms with van der Waals surface area (Å²) >= 11 is 0. The monoisotopic (exact) mass is 424 g/mol. The lowest BCUT2D eigenvalue weighted by atomic mass is 9.78. The van der Waals surface area contributed by atoms with Gasteiger partial charge in [-0.2, -0.15) is 0 Å². The summed E-state index contributed by atoms with van der Waals surface area (Å²) in [7, 11) is 0. The van der Waals surface area contributed by atoms with Crippen LogP contribution in [0.2, 0.25) is 0 Å². The standard InChI is InChI=1S/C24H42N2O4/c1-23(2,17-9-13-25-14-10-17)29-21(27)19-7-5-6-8-20(19)22(28)30-24(3,4)18-11-15-26-16-12-18/h17-20,25-26H,5-16H2,1-4H3/p+2. The van der Waals surface area contributed by atoms with Gasteiger partial charge in [-0.15, -0.1) is 0 Å². The van der Waals surface area contributed by atoms with Crippen molar-refractivity contribution < 1.29 is 29.7 Å². The summed E-state index contributed by atoms with van der Waals surface area (Å²) in [5, 5.41) is 4.65. The zero-order chi connectivity index (χ0) is 21.8. The second kappa shape index (κ2) is 9.99. The molecule has 2 heterocycles. The van der Waals surface area contributed by atoms with E-state index in [4.69, 9.17) is 9.47 Å². The molecular weight excluding hydrogens is 380 g/mol. The smallest absolute Gasteiger partial charge is 0.310 e. The minimum atomic E-state index is -0.477. The third kappa shape index (κ3) is 5.76. The first-order valence-corrected chi connectivity index (χ1v) is 12.3. The van der Waals surface area contributed by atoms with Crippen LogP contribution in [-0.2, 0) is 19.1 Å². The Morgan fingerprint density at radius 1 is 0.633 bits per heavy atom. The van der Waals surface area contributed by atoms with Gasteiger partial charge in [0.2, 0.25) is 0 Å². The summed E-state index contributed by atoms with van der Waals surface area (Å²) in [6.45, 7) is 12.5. The molecule has 0 bridgehead atoms. The summed E-state index contributed by atoms with van der Waals surface area (Å²) in [6, 6.07) is 0. The topological polar surface area (TPSA) is 85.8 Å². The average Bonchev–Trinajstić information content (AvgIpc) is 2.74. The lowest BCUT2D eigenvalue weighted by Gasteiger charge is -2.39. The average molecular weight is 425 g/mol. The first kappa shape index (κ1) is 23.5. The van der Waals surface area contributed by atoms with Crippen LogP contribution in [0.15, 0.2) is 0 Å². The van der Waals surface area contributed by atoms with E-state index in [9.17, 15) is 9.59 Å². The van der Waals surface area contributed by atoms with Crippen LogP contribution in [0.5, 0.6) is 0 Å². The maximum atomic E-state index is 13.2. The second-order valence-electron chi connectivity index (χ2n) is 10.8. The quantitative estimate of drug-likeness (QED) is 0.631. The van der Waals surface area contributed by atoms with E-state index >= 15 is 0 Å². The number of nitrogens with two attached hydrogens (primary N) is 2. The number of piperidine rings is 2. The summed E-state index contributed by atoms with van der Waals surface area (Å²) in [6.07, 6.45) is 7.70. The van der Waals surface area contributed by atoms with Crippen molar-refractivity contribution in [3.63, 3.8) is 0 Å². The Balaban J connectivity index is 1.63. The van der Waals surface area contributed by atoms with Gasteiger partial charge in [0.15, 0.2) is 0 Å². The third-order valence-corrected chi connectivity index (χ3v) is 7.94. The SMILES string of the molecule is CC(C)(OC(=O)C1CCCCC1C(=O)OC(C)(C)C1CC[NH2+]CC1)C1CC[NH2+]CC1. The van der Waals surface area contributed by atoms with Gasteiger partial charge in [0, 0.05) is 37.5 Å². The van der Waals surface area contributed by atoms with E-state index in [1.54, 1.807) is 0 Å². The van der Waals surface area contributed by atoms with Crippen LogP contribution < -0.4 is 10.6 Å². The van der Waals surface area contributed by atoms with Gasteiger partial charge in [-0.05, 0) is 40.5 Å². The molecule has 0 aromatic heterocycles. The van der Waals surface area contributed by atoms with E-state index < -0.39 is 11.2 Å². The van der Waals surface area contributed by atoms with Gasteiger partial charge in [-0.1, -0.05) is 12.8 Å². The molecule has 6 nitrogen and oxygen atoms in total. The summed E-state index contributed by atoms with van der Waals surface area (Å²) in [5.41, 5.74) is -0.954. The minimum Gasteiger partial charge on any atom is -0.459 e. The molecule has 0 aromatic carbocycles. The van der Waals surface area contributed by atoms with Gasteiger partial charge in [0.05, 0.1) is 38.0 Å². The van der Waals surface area contributed by atoms with Crippen LogP contribution in [0.25, 0.3) is 0 Å². The fraction of sp³-hybridized carbons (Fsp3) is 0.917.